The average molecular weight is 447 g/mol. The predicted molar refractivity (Wildman–Crippen MR) is 118 cm³/mol. The summed E-state index contributed by atoms with van der Waals surface area (Å²) in [6, 6.07) is 6.57. The monoisotopic (exact) mass is 446 g/mol. The number of fused-ring (bicyclic) bond motifs is 1. The first-order valence-corrected chi connectivity index (χ1v) is 10.6. The van der Waals surface area contributed by atoms with Gasteiger partial charge in [0.25, 0.3) is 0 Å². The Bertz CT molecular complexity index is 1100. The third kappa shape index (κ3) is 4.74. The third-order valence-electron chi connectivity index (χ3n) is 5.44. The fraction of sp³-hybridized carbons (Fsp3) is 0.348. The molecule has 0 atom stereocenters. The van der Waals surface area contributed by atoms with Crippen molar-refractivity contribution in [3.63, 3.8) is 0 Å². The van der Waals surface area contributed by atoms with Crippen molar-refractivity contribution in [2.24, 2.45) is 0 Å². The fourth-order valence-electron chi connectivity index (χ4n) is 3.93. The number of nitrogens with zero attached hydrogens (tertiary/aromatic N) is 3. The quantitative estimate of drug-likeness (QED) is 0.570. The molecule has 0 bridgehead atoms. The zero-order valence-corrected chi connectivity index (χ0v) is 18.3. The van der Waals surface area contributed by atoms with Gasteiger partial charge in [-0.3, -0.25) is 4.90 Å². The number of aromatic nitrogens is 2. The van der Waals surface area contributed by atoms with Gasteiger partial charge in [-0.05, 0) is 49.2 Å². The average Bonchev–Trinajstić information content (AvgIpc) is 3.14. The second-order valence-corrected chi connectivity index (χ2v) is 8.57. The molecule has 0 saturated heterocycles. The Hall–Kier alpha value is -2.48. The van der Waals surface area contributed by atoms with E-state index in [1.165, 1.54) is 6.07 Å². The van der Waals surface area contributed by atoms with E-state index in [0.29, 0.717) is 29.2 Å². The molecule has 3 heterocycles. The second kappa shape index (κ2) is 8.94. The van der Waals surface area contributed by atoms with Crippen LogP contribution in [-0.2, 0) is 26.2 Å². The molecule has 3 aromatic rings. The van der Waals surface area contributed by atoms with E-state index in [2.05, 4.69) is 45.9 Å². The predicted octanol–water partition coefficient (Wildman–Crippen LogP) is 4.81. The molecule has 164 valence electrons. The Balaban J connectivity index is 1.55. The van der Waals surface area contributed by atoms with E-state index in [1.54, 1.807) is 6.20 Å². The maximum absolute atomic E-state index is 13.7. The topological polar surface area (TPSA) is 53.3 Å². The summed E-state index contributed by atoms with van der Waals surface area (Å²) in [5.41, 5.74) is 4.05. The molecule has 5 nitrogen and oxygen atoms in total. The second-order valence-electron chi connectivity index (χ2n) is 8.17. The Morgan fingerprint density at radius 1 is 1.13 bits per heavy atom. The van der Waals surface area contributed by atoms with E-state index in [4.69, 9.17) is 11.6 Å². The summed E-state index contributed by atoms with van der Waals surface area (Å²) >= 11 is 6.43. The fourth-order valence-corrected chi connectivity index (χ4v) is 4.15. The Morgan fingerprint density at radius 3 is 2.58 bits per heavy atom. The first-order chi connectivity index (χ1) is 14.8. The van der Waals surface area contributed by atoms with Crippen LogP contribution in [0.5, 0.6) is 0 Å². The lowest BCUT2D eigenvalue weighted by Crippen LogP contribution is -2.33. The number of aliphatic hydroxyl groups is 1. The molecule has 0 spiro atoms. The number of anilines is 1. The van der Waals surface area contributed by atoms with Crippen molar-refractivity contribution in [3.8, 4) is 11.1 Å². The molecule has 2 N–H and O–H groups in total. The zero-order valence-electron chi connectivity index (χ0n) is 17.5. The van der Waals surface area contributed by atoms with Crippen LogP contribution in [0.1, 0.15) is 30.7 Å². The lowest BCUT2D eigenvalue weighted by Gasteiger charge is -2.29. The van der Waals surface area contributed by atoms with Gasteiger partial charge >= 0.3 is 0 Å². The van der Waals surface area contributed by atoms with Gasteiger partial charge in [-0.25, -0.2) is 13.8 Å². The van der Waals surface area contributed by atoms with Gasteiger partial charge in [0.2, 0.25) is 0 Å². The van der Waals surface area contributed by atoms with E-state index in [-0.39, 0.29) is 12.6 Å². The molecular weight excluding hydrogens is 422 g/mol. The number of rotatable bonds is 6. The highest BCUT2D eigenvalue weighted by molar-refractivity contribution is 6.33. The minimum Gasteiger partial charge on any atom is -0.392 e. The molecule has 0 radical (unpaired) electrons. The standard InChI is InChI=1S/C23H25ClF2N4O/c1-14(2)28-23-8-19(20(24)9-27-23)16-5-18-12-29(3-4-30(18)11-16)10-15-6-21(25)22(26)7-17(15)13-31/h5-9,11,14,31H,3-4,10,12-13H2,1-2H3,(H,27,28). The van der Waals surface area contributed by atoms with E-state index in [9.17, 15) is 13.9 Å². The normalized spacial score (nSPS) is 14.2. The molecule has 0 aliphatic carbocycles. The summed E-state index contributed by atoms with van der Waals surface area (Å²) < 4.78 is 29.4. The number of pyridine rings is 1. The van der Waals surface area contributed by atoms with Crippen LogP contribution in [0.2, 0.25) is 5.02 Å². The molecule has 0 fully saturated rings. The SMILES string of the molecule is CC(C)Nc1cc(-c2cc3n(c2)CCN(Cc2cc(F)c(F)cc2CO)C3)c(Cl)cn1. The van der Waals surface area contributed by atoms with Crippen LogP contribution in [0, 0.1) is 11.6 Å². The molecule has 2 aromatic heterocycles. The highest BCUT2D eigenvalue weighted by Crippen LogP contribution is 2.32. The number of nitrogens with one attached hydrogen (secondary N) is 1. The van der Waals surface area contributed by atoms with Crippen LogP contribution < -0.4 is 5.32 Å². The van der Waals surface area contributed by atoms with E-state index in [0.717, 1.165) is 41.8 Å². The molecule has 1 aliphatic rings. The van der Waals surface area contributed by atoms with Crippen LogP contribution in [0.15, 0.2) is 36.7 Å². The molecule has 1 aromatic carbocycles. The van der Waals surface area contributed by atoms with Gasteiger partial charge in [0.05, 0.1) is 11.6 Å². The van der Waals surface area contributed by atoms with Crippen molar-refractivity contribution in [1.82, 2.24) is 14.5 Å². The molecule has 0 saturated carbocycles. The van der Waals surface area contributed by atoms with Crippen LogP contribution in [0.4, 0.5) is 14.6 Å². The summed E-state index contributed by atoms with van der Waals surface area (Å²) in [5, 5.41) is 13.4. The number of benzene rings is 1. The van der Waals surface area contributed by atoms with E-state index >= 15 is 0 Å². The van der Waals surface area contributed by atoms with Gasteiger partial charge in [0, 0.05) is 61.4 Å². The van der Waals surface area contributed by atoms with Gasteiger partial charge < -0.3 is 15.0 Å². The van der Waals surface area contributed by atoms with Crippen LogP contribution in [0.3, 0.4) is 0 Å². The van der Waals surface area contributed by atoms with Gasteiger partial charge in [0.1, 0.15) is 5.82 Å². The highest BCUT2D eigenvalue weighted by atomic mass is 35.5. The van der Waals surface area contributed by atoms with E-state index < -0.39 is 11.6 Å². The largest absolute Gasteiger partial charge is 0.392 e. The van der Waals surface area contributed by atoms with Gasteiger partial charge in [-0.15, -0.1) is 0 Å². The van der Waals surface area contributed by atoms with Crippen LogP contribution in [-0.4, -0.2) is 32.1 Å². The van der Waals surface area contributed by atoms with E-state index in [1.807, 2.05) is 6.07 Å². The third-order valence-corrected chi connectivity index (χ3v) is 5.74. The summed E-state index contributed by atoms with van der Waals surface area (Å²) in [6.07, 6.45) is 3.74. The van der Waals surface area contributed by atoms with Crippen molar-refractivity contribution in [2.75, 3.05) is 11.9 Å². The Labute approximate surface area is 185 Å². The molecule has 8 heteroatoms. The number of hydrogen-bond donors (Lipinski definition) is 2. The summed E-state index contributed by atoms with van der Waals surface area (Å²) in [7, 11) is 0. The number of hydrogen-bond acceptors (Lipinski definition) is 4. The van der Waals surface area contributed by atoms with Crippen LogP contribution in [0.25, 0.3) is 11.1 Å². The lowest BCUT2D eigenvalue weighted by atomic mass is 10.1. The van der Waals surface area contributed by atoms with Crippen molar-refractivity contribution in [1.29, 1.82) is 0 Å². The molecule has 31 heavy (non-hydrogen) atoms. The van der Waals surface area contributed by atoms with Crippen molar-refractivity contribution < 1.29 is 13.9 Å². The molecule has 0 amide bonds. The summed E-state index contributed by atoms with van der Waals surface area (Å²) in [6.45, 7) is 6.40. The van der Waals surface area contributed by atoms with Crippen LogP contribution >= 0.6 is 11.6 Å². The Kier molecular flexibility index (Phi) is 6.27. The first-order valence-electron chi connectivity index (χ1n) is 10.3. The van der Waals surface area contributed by atoms with Crippen molar-refractivity contribution in [3.05, 3.63) is 70.1 Å². The molecular formula is C23H25ClF2N4O. The smallest absolute Gasteiger partial charge is 0.159 e. The van der Waals surface area contributed by atoms with Gasteiger partial charge in [0.15, 0.2) is 11.6 Å². The summed E-state index contributed by atoms with van der Waals surface area (Å²) in [4.78, 5) is 6.50. The molecule has 4 rings (SSSR count). The van der Waals surface area contributed by atoms with Crippen molar-refractivity contribution in [2.45, 2.75) is 46.1 Å². The number of halogens is 3. The minimum absolute atomic E-state index is 0.262. The molecule has 0 unspecified atom stereocenters. The maximum atomic E-state index is 13.7. The number of aliphatic hydroxyl groups excluding tert-OH is 1. The molecule has 1 aliphatic heterocycles. The summed E-state index contributed by atoms with van der Waals surface area (Å²) in [5.74, 6) is -1.06. The van der Waals surface area contributed by atoms with Crippen molar-refractivity contribution >= 4 is 17.4 Å². The first kappa shape index (κ1) is 21.7. The van der Waals surface area contributed by atoms with Gasteiger partial charge in [-0.1, -0.05) is 11.6 Å². The zero-order chi connectivity index (χ0) is 22.1. The minimum atomic E-state index is -0.939. The highest BCUT2D eigenvalue weighted by Gasteiger charge is 2.20. The van der Waals surface area contributed by atoms with Gasteiger partial charge in [-0.2, -0.15) is 0 Å². The lowest BCUT2D eigenvalue weighted by molar-refractivity contribution is 0.209. The maximum Gasteiger partial charge on any atom is 0.159 e. The Morgan fingerprint density at radius 2 is 1.87 bits per heavy atom.